The normalized spacial score (nSPS) is 23.2. The van der Waals surface area contributed by atoms with E-state index in [0.717, 1.165) is 10.5 Å². The number of nitro groups is 1. The molecular formula is C22H22N2O8S2. The molecule has 2 aromatic rings. The fourth-order valence-electron chi connectivity index (χ4n) is 3.96. The summed E-state index contributed by atoms with van der Waals surface area (Å²) in [6.07, 6.45) is 0.152. The van der Waals surface area contributed by atoms with Gasteiger partial charge in [-0.1, -0.05) is 17.7 Å². The van der Waals surface area contributed by atoms with Gasteiger partial charge in [0.05, 0.1) is 26.4 Å². The molecule has 10 nitrogen and oxygen atoms in total. The van der Waals surface area contributed by atoms with Gasteiger partial charge in [-0.3, -0.25) is 19.8 Å². The SMILES string of the molecule is Cc1ccc(S(=O)(=O)O[C@@]2(C(=O)OCc3ccc([N+](=O)[O-])cc3)N3C(=O)C[C@H]3SC2(C)C)cc1. The quantitative estimate of drug-likeness (QED) is 0.183. The highest BCUT2D eigenvalue weighted by atomic mass is 32.2. The number of nitro benzene ring substituents is 1. The topological polar surface area (TPSA) is 133 Å². The van der Waals surface area contributed by atoms with Gasteiger partial charge in [0.15, 0.2) is 0 Å². The molecule has 180 valence electrons. The molecule has 2 saturated heterocycles. The molecule has 0 unspecified atom stereocenters. The lowest BCUT2D eigenvalue weighted by atomic mass is 9.93. The zero-order chi connectivity index (χ0) is 24.9. The second kappa shape index (κ2) is 8.36. The minimum absolute atomic E-state index is 0.124. The Morgan fingerprint density at radius 1 is 1.18 bits per heavy atom. The van der Waals surface area contributed by atoms with E-state index in [-0.39, 0.29) is 23.6 Å². The van der Waals surface area contributed by atoms with Crippen LogP contribution in [-0.2, 0) is 35.2 Å². The number of hydrogen-bond donors (Lipinski definition) is 0. The maximum atomic E-state index is 13.5. The molecule has 4 rings (SSSR count). The highest BCUT2D eigenvalue weighted by molar-refractivity contribution is 8.01. The molecule has 0 bridgehead atoms. The predicted molar refractivity (Wildman–Crippen MR) is 122 cm³/mol. The van der Waals surface area contributed by atoms with Gasteiger partial charge in [0.1, 0.15) is 6.61 Å². The fourth-order valence-corrected chi connectivity index (χ4v) is 6.91. The molecule has 2 aliphatic rings. The van der Waals surface area contributed by atoms with Gasteiger partial charge in [-0.2, -0.15) is 8.42 Å². The summed E-state index contributed by atoms with van der Waals surface area (Å²) in [5.74, 6) is -1.45. The van der Waals surface area contributed by atoms with Crippen LogP contribution < -0.4 is 0 Å². The van der Waals surface area contributed by atoms with Crippen LogP contribution in [0.2, 0.25) is 0 Å². The molecule has 2 fully saturated rings. The van der Waals surface area contributed by atoms with Crippen LogP contribution in [-0.4, -0.2) is 46.0 Å². The third-order valence-electron chi connectivity index (χ3n) is 5.83. The van der Waals surface area contributed by atoms with Crippen molar-refractivity contribution in [3.8, 4) is 0 Å². The number of ether oxygens (including phenoxy) is 1. The molecule has 0 N–H and O–H groups in total. The van der Waals surface area contributed by atoms with Crippen LogP contribution in [0.1, 0.15) is 31.4 Å². The Morgan fingerprint density at radius 2 is 1.79 bits per heavy atom. The van der Waals surface area contributed by atoms with E-state index in [1.165, 1.54) is 48.2 Å². The monoisotopic (exact) mass is 506 g/mol. The molecule has 1 amide bonds. The standard InChI is InChI=1S/C22H22N2O8S2/c1-14-4-10-17(11-5-14)34(29,30)32-22(21(2,3)33-19-12-18(25)23(19)22)20(26)31-13-15-6-8-16(9-7-15)24(27)28/h4-11,19H,12-13H2,1-3H3/t19-,22-/m1/s1. The van der Waals surface area contributed by atoms with Gasteiger partial charge in [0, 0.05) is 12.1 Å². The van der Waals surface area contributed by atoms with Gasteiger partial charge >= 0.3 is 5.97 Å². The Bertz CT molecular complexity index is 1260. The maximum absolute atomic E-state index is 13.5. The zero-order valence-corrected chi connectivity index (χ0v) is 20.2. The number of non-ortho nitro benzene ring substituents is 1. The van der Waals surface area contributed by atoms with E-state index in [9.17, 15) is 28.1 Å². The van der Waals surface area contributed by atoms with Gasteiger partial charge in [-0.15, -0.1) is 11.8 Å². The Labute approximate surface area is 200 Å². The fraction of sp³-hybridized carbons (Fsp3) is 0.364. The van der Waals surface area contributed by atoms with Crippen LogP contribution in [0.5, 0.6) is 0 Å². The number of carbonyl (C=O) groups is 2. The van der Waals surface area contributed by atoms with E-state index in [2.05, 4.69) is 0 Å². The van der Waals surface area contributed by atoms with Crippen molar-refractivity contribution in [3.63, 3.8) is 0 Å². The summed E-state index contributed by atoms with van der Waals surface area (Å²) in [6.45, 7) is 4.76. The summed E-state index contributed by atoms with van der Waals surface area (Å²) in [5.41, 5.74) is -1.06. The minimum Gasteiger partial charge on any atom is -0.457 e. The van der Waals surface area contributed by atoms with E-state index in [1.54, 1.807) is 32.9 Å². The van der Waals surface area contributed by atoms with E-state index >= 15 is 0 Å². The number of fused-ring (bicyclic) bond motifs is 1. The first-order valence-electron chi connectivity index (χ1n) is 10.3. The number of nitrogens with zero attached hydrogens (tertiary/aromatic N) is 2. The third-order valence-corrected chi connectivity index (χ3v) is 8.65. The molecular weight excluding hydrogens is 484 g/mol. The highest BCUT2D eigenvalue weighted by Crippen LogP contribution is 2.58. The number of carbonyl (C=O) groups excluding carboxylic acids is 2. The molecule has 2 heterocycles. The van der Waals surface area contributed by atoms with Crippen molar-refractivity contribution in [1.29, 1.82) is 0 Å². The lowest BCUT2D eigenvalue weighted by Gasteiger charge is -2.45. The van der Waals surface area contributed by atoms with Crippen molar-refractivity contribution in [2.24, 2.45) is 0 Å². The minimum atomic E-state index is -4.46. The van der Waals surface area contributed by atoms with Crippen molar-refractivity contribution in [1.82, 2.24) is 4.90 Å². The van der Waals surface area contributed by atoms with Crippen molar-refractivity contribution in [3.05, 3.63) is 69.8 Å². The smallest absolute Gasteiger partial charge is 0.363 e. The second-order valence-electron chi connectivity index (χ2n) is 8.54. The number of hydrogen-bond acceptors (Lipinski definition) is 9. The molecule has 2 aliphatic heterocycles. The number of rotatable bonds is 7. The summed E-state index contributed by atoms with van der Waals surface area (Å²) >= 11 is 1.26. The lowest BCUT2D eigenvalue weighted by Crippen LogP contribution is -2.69. The van der Waals surface area contributed by atoms with Gasteiger partial charge in [-0.25, -0.2) is 8.98 Å². The van der Waals surface area contributed by atoms with Crippen LogP contribution in [0.15, 0.2) is 53.4 Å². The summed E-state index contributed by atoms with van der Waals surface area (Å²) in [4.78, 5) is 37.3. The molecule has 0 saturated carbocycles. The summed E-state index contributed by atoms with van der Waals surface area (Å²) in [5, 5.41) is 10.4. The van der Waals surface area contributed by atoms with Crippen molar-refractivity contribution in [2.75, 3.05) is 0 Å². The van der Waals surface area contributed by atoms with E-state index in [1.807, 2.05) is 0 Å². The molecule has 12 heteroatoms. The van der Waals surface area contributed by atoms with Crippen molar-refractivity contribution >= 4 is 39.4 Å². The van der Waals surface area contributed by atoms with Crippen LogP contribution in [0, 0.1) is 17.0 Å². The van der Waals surface area contributed by atoms with Crippen LogP contribution in [0.3, 0.4) is 0 Å². The Kier molecular flexibility index (Phi) is 5.95. The van der Waals surface area contributed by atoms with Gasteiger partial charge in [0.2, 0.25) is 5.91 Å². The summed E-state index contributed by atoms with van der Waals surface area (Å²) in [6, 6.07) is 11.3. The van der Waals surface area contributed by atoms with Crippen molar-refractivity contribution in [2.45, 2.75) is 54.5 Å². The molecule has 0 spiro atoms. The number of thioether (sulfide) groups is 1. The lowest BCUT2D eigenvalue weighted by molar-refractivity contribution is -0.384. The van der Waals surface area contributed by atoms with E-state index < -0.39 is 42.8 Å². The third kappa shape index (κ3) is 3.95. The first kappa shape index (κ1) is 24.2. The van der Waals surface area contributed by atoms with E-state index in [0.29, 0.717) is 5.56 Å². The van der Waals surface area contributed by atoms with Crippen molar-refractivity contribution < 1.29 is 31.9 Å². The number of aryl methyl sites for hydroxylation is 1. The number of β-lactam (4-membered cyclic amide) rings is 1. The Balaban J connectivity index is 1.67. The maximum Gasteiger partial charge on any atom is 0.363 e. The molecule has 0 aromatic heterocycles. The molecule has 34 heavy (non-hydrogen) atoms. The Morgan fingerprint density at radius 3 is 2.35 bits per heavy atom. The highest BCUT2D eigenvalue weighted by Gasteiger charge is 2.73. The van der Waals surface area contributed by atoms with E-state index in [4.69, 9.17) is 8.92 Å². The largest absolute Gasteiger partial charge is 0.457 e. The first-order valence-corrected chi connectivity index (χ1v) is 12.6. The average Bonchev–Trinajstić information content (AvgIpc) is 2.94. The molecule has 0 radical (unpaired) electrons. The Hall–Kier alpha value is -2.96. The van der Waals surface area contributed by atoms with Crippen LogP contribution >= 0.6 is 11.8 Å². The number of esters is 1. The van der Waals surface area contributed by atoms with Crippen LogP contribution in [0.25, 0.3) is 0 Å². The molecule has 2 aromatic carbocycles. The molecule has 2 atom stereocenters. The van der Waals surface area contributed by atoms with Gasteiger partial charge < -0.3 is 4.74 Å². The predicted octanol–water partition coefficient (Wildman–Crippen LogP) is 3.13. The summed E-state index contributed by atoms with van der Waals surface area (Å²) < 4.78 is 36.3. The van der Waals surface area contributed by atoms with Gasteiger partial charge in [-0.05, 0) is 50.6 Å². The summed E-state index contributed by atoms with van der Waals surface area (Å²) in [7, 11) is -4.46. The van der Waals surface area contributed by atoms with Crippen LogP contribution in [0.4, 0.5) is 5.69 Å². The molecule has 0 aliphatic carbocycles. The first-order chi connectivity index (χ1) is 15.9. The second-order valence-corrected chi connectivity index (χ2v) is 11.9. The zero-order valence-electron chi connectivity index (χ0n) is 18.6. The average molecular weight is 507 g/mol. The van der Waals surface area contributed by atoms with Gasteiger partial charge in [0.25, 0.3) is 21.5 Å². The number of benzene rings is 2. The number of amides is 1.